The summed E-state index contributed by atoms with van der Waals surface area (Å²) in [6, 6.07) is 22.1. The van der Waals surface area contributed by atoms with E-state index in [9.17, 15) is 13.2 Å². The molecule has 32 heavy (non-hydrogen) atoms. The van der Waals surface area contributed by atoms with Gasteiger partial charge >= 0.3 is 0 Å². The van der Waals surface area contributed by atoms with E-state index in [2.05, 4.69) is 0 Å². The molecular weight excluding hydrogens is 428 g/mol. The van der Waals surface area contributed by atoms with Gasteiger partial charge in [-0.15, -0.1) is 0 Å². The molecular formula is C24H26N2O5S. The van der Waals surface area contributed by atoms with Gasteiger partial charge in [-0.3, -0.25) is 9.10 Å². The highest BCUT2D eigenvalue weighted by Crippen LogP contribution is 2.27. The molecule has 0 saturated heterocycles. The zero-order chi connectivity index (χ0) is 23.1. The SMILES string of the molecule is COc1cccc(N(CC(=O)N(C)Cc2ccccc2OC)S(=O)(=O)c2ccccc2)c1. The first-order valence-electron chi connectivity index (χ1n) is 9.94. The minimum absolute atomic E-state index is 0.100. The number of rotatable bonds is 9. The number of benzene rings is 3. The zero-order valence-electron chi connectivity index (χ0n) is 18.3. The number of methoxy groups -OCH3 is 2. The number of para-hydroxylation sites is 1. The molecule has 0 aromatic heterocycles. The van der Waals surface area contributed by atoms with Crippen LogP contribution in [0.2, 0.25) is 0 Å². The van der Waals surface area contributed by atoms with E-state index in [0.29, 0.717) is 17.2 Å². The van der Waals surface area contributed by atoms with Crippen LogP contribution in [0.15, 0.2) is 83.8 Å². The second-order valence-electron chi connectivity index (χ2n) is 7.09. The number of anilines is 1. The van der Waals surface area contributed by atoms with Gasteiger partial charge in [0.05, 0.1) is 24.8 Å². The Morgan fingerprint density at radius 1 is 0.875 bits per heavy atom. The lowest BCUT2D eigenvalue weighted by atomic mass is 10.2. The molecule has 0 saturated carbocycles. The van der Waals surface area contributed by atoms with E-state index in [0.717, 1.165) is 9.87 Å². The predicted octanol–water partition coefficient (Wildman–Crippen LogP) is 3.56. The molecule has 0 unspecified atom stereocenters. The van der Waals surface area contributed by atoms with Gasteiger partial charge in [0.2, 0.25) is 5.91 Å². The number of amides is 1. The minimum Gasteiger partial charge on any atom is -0.497 e. The monoisotopic (exact) mass is 454 g/mol. The first-order valence-corrected chi connectivity index (χ1v) is 11.4. The zero-order valence-corrected chi connectivity index (χ0v) is 19.1. The van der Waals surface area contributed by atoms with Gasteiger partial charge in [0.1, 0.15) is 18.0 Å². The van der Waals surface area contributed by atoms with Crippen molar-refractivity contribution in [1.29, 1.82) is 0 Å². The summed E-state index contributed by atoms with van der Waals surface area (Å²) in [5.74, 6) is 0.789. The smallest absolute Gasteiger partial charge is 0.264 e. The first kappa shape index (κ1) is 23.1. The molecule has 3 aromatic carbocycles. The Hall–Kier alpha value is -3.52. The number of sulfonamides is 1. The summed E-state index contributed by atoms with van der Waals surface area (Å²) in [5, 5.41) is 0. The van der Waals surface area contributed by atoms with Gasteiger partial charge in [0, 0.05) is 25.2 Å². The molecule has 3 aromatic rings. The molecule has 0 heterocycles. The molecule has 0 aliphatic heterocycles. The van der Waals surface area contributed by atoms with Crippen LogP contribution in [0.25, 0.3) is 0 Å². The van der Waals surface area contributed by atoms with Gasteiger partial charge in [-0.2, -0.15) is 0 Å². The molecule has 0 aliphatic carbocycles. The van der Waals surface area contributed by atoms with Crippen molar-refractivity contribution >= 4 is 21.6 Å². The van der Waals surface area contributed by atoms with Crippen molar-refractivity contribution in [1.82, 2.24) is 4.90 Å². The molecule has 8 heteroatoms. The number of hydrogen-bond acceptors (Lipinski definition) is 5. The van der Waals surface area contributed by atoms with Crippen LogP contribution in [-0.4, -0.2) is 47.0 Å². The van der Waals surface area contributed by atoms with E-state index in [4.69, 9.17) is 9.47 Å². The van der Waals surface area contributed by atoms with E-state index >= 15 is 0 Å². The summed E-state index contributed by atoms with van der Waals surface area (Å²) in [5.41, 5.74) is 1.16. The molecule has 7 nitrogen and oxygen atoms in total. The van der Waals surface area contributed by atoms with E-state index in [1.54, 1.807) is 56.6 Å². The fourth-order valence-corrected chi connectivity index (χ4v) is 4.65. The van der Waals surface area contributed by atoms with E-state index in [-0.39, 0.29) is 23.9 Å². The molecule has 3 rings (SSSR count). The average molecular weight is 455 g/mol. The highest BCUT2D eigenvalue weighted by molar-refractivity contribution is 7.92. The molecule has 0 aliphatic rings. The standard InChI is InChI=1S/C24H26N2O5S/c1-25(17-19-10-7-8-15-23(19)31-3)24(27)18-26(20-11-9-12-21(16-20)30-2)32(28,29)22-13-5-4-6-14-22/h4-16H,17-18H2,1-3H3. The molecule has 1 amide bonds. The summed E-state index contributed by atoms with van der Waals surface area (Å²) < 4.78 is 38.6. The van der Waals surface area contributed by atoms with E-state index in [1.807, 2.05) is 24.3 Å². The molecule has 0 spiro atoms. The molecule has 0 N–H and O–H groups in total. The van der Waals surface area contributed by atoms with Crippen LogP contribution < -0.4 is 13.8 Å². The van der Waals surface area contributed by atoms with Crippen molar-refractivity contribution in [2.24, 2.45) is 0 Å². The number of nitrogens with zero attached hydrogens (tertiary/aromatic N) is 2. The predicted molar refractivity (Wildman–Crippen MR) is 123 cm³/mol. The van der Waals surface area contributed by atoms with Crippen molar-refractivity contribution in [2.75, 3.05) is 32.1 Å². The van der Waals surface area contributed by atoms with Gasteiger partial charge in [0.25, 0.3) is 10.0 Å². The van der Waals surface area contributed by atoms with Gasteiger partial charge in [-0.1, -0.05) is 42.5 Å². The lowest BCUT2D eigenvalue weighted by molar-refractivity contribution is -0.128. The van der Waals surface area contributed by atoms with Crippen LogP contribution in [0.4, 0.5) is 5.69 Å². The summed E-state index contributed by atoms with van der Waals surface area (Å²) in [6.45, 7) is -0.0871. The van der Waals surface area contributed by atoms with Gasteiger partial charge in [-0.25, -0.2) is 8.42 Å². The number of ether oxygens (including phenoxy) is 2. The van der Waals surface area contributed by atoms with Crippen LogP contribution in [0, 0.1) is 0 Å². The summed E-state index contributed by atoms with van der Waals surface area (Å²) in [7, 11) is 0.713. The van der Waals surface area contributed by atoms with Crippen LogP contribution in [-0.2, 0) is 21.4 Å². The van der Waals surface area contributed by atoms with Crippen molar-refractivity contribution in [3.63, 3.8) is 0 Å². The lowest BCUT2D eigenvalue weighted by Gasteiger charge is -2.27. The number of carbonyl (C=O) groups excluding carboxylic acids is 1. The molecule has 168 valence electrons. The summed E-state index contributed by atoms with van der Waals surface area (Å²) in [6.07, 6.45) is 0. The number of likely N-dealkylation sites (N-methyl/N-ethyl adjacent to an activating group) is 1. The van der Waals surface area contributed by atoms with E-state index in [1.165, 1.54) is 24.1 Å². The van der Waals surface area contributed by atoms with Crippen LogP contribution in [0.3, 0.4) is 0 Å². The maximum absolute atomic E-state index is 13.4. The van der Waals surface area contributed by atoms with Crippen LogP contribution in [0.5, 0.6) is 11.5 Å². The molecule has 0 bridgehead atoms. The van der Waals surface area contributed by atoms with Crippen molar-refractivity contribution in [3.05, 3.63) is 84.4 Å². The lowest BCUT2D eigenvalue weighted by Crippen LogP contribution is -2.41. The third-order valence-electron chi connectivity index (χ3n) is 4.98. The Kier molecular flexibility index (Phi) is 7.37. The number of carbonyl (C=O) groups is 1. The molecule has 0 atom stereocenters. The Morgan fingerprint density at radius 2 is 1.56 bits per heavy atom. The second kappa shape index (κ2) is 10.2. The quantitative estimate of drug-likeness (QED) is 0.494. The van der Waals surface area contributed by atoms with Crippen molar-refractivity contribution < 1.29 is 22.7 Å². The maximum Gasteiger partial charge on any atom is 0.264 e. The maximum atomic E-state index is 13.4. The third-order valence-corrected chi connectivity index (χ3v) is 6.77. The number of hydrogen-bond donors (Lipinski definition) is 0. The Labute approximate surface area is 188 Å². The minimum atomic E-state index is -3.99. The summed E-state index contributed by atoms with van der Waals surface area (Å²) in [4.78, 5) is 14.7. The topological polar surface area (TPSA) is 76.2 Å². The van der Waals surface area contributed by atoms with Crippen molar-refractivity contribution in [2.45, 2.75) is 11.4 Å². The van der Waals surface area contributed by atoms with Gasteiger partial charge in [0.15, 0.2) is 0 Å². The first-order chi connectivity index (χ1) is 15.4. The molecule has 0 fully saturated rings. The van der Waals surface area contributed by atoms with Crippen LogP contribution in [0.1, 0.15) is 5.56 Å². The fraction of sp³-hybridized carbons (Fsp3) is 0.208. The van der Waals surface area contributed by atoms with E-state index < -0.39 is 10.0 Å². The largest absolute Gasteiger partial charge is 0.497 e. The molecule has 0 radical (unpaired) electrons. The van der Waals surface area contributed by atoms with Crippen LogP contribution >= 0.6 is 0 Å². The van der Waals surface area contributed by atoms with Gasteiger partial charge < -0.3 is 14.4 Å². The second-order valence-corrected chi connectivity index (χ2v) is 8.95. The Morgan fingerprint density at radius 3 is 2.25 bits per heavy atom. The fourth-order valence-electron chi connectivity index (χ4n) is 3.22. The Balaban J connectivity index is 1.92. The van der Waals surface area contributed by atoms with Crippen molar-refractivity contribution in [3.8, 4) is 11.5 Å². The normalized spacial score (nSPS) is 11.0. The Bertz CT molecular complexity index is 1170. The van der Waals surface area contributed by atoms with Gasteiger partial charge in [-0.05, 0) is 30.3 Å². The average Bonchev–Trinajstić information content (AvgIpc) is 2.83. The third kappa shape index (κ3) is 5.20. The summed E-state index contributed by atoms with van der Waals surface area (Å²) >= 11 is 0. The highest BCUT2D eigenvalue weighted by atomic mass is 32.2. The highest BCUT2D eigenvalue weighted by Gasteiger charge is 2.28.